The molecule has 0 aromatic heterocycles. The van der Waals surface area contributed by atoms with Crippen molar-refractivity contribution in [1.29, 1.82) is 0 Å². The average Bonchev–Trinajstić information content (AvgIpc) is 2.77. The molecule has 168 valence electrons. The Morgan fingerprint density at radius 3 is 1.65 bits per heavy atom. The van der Waals surface area contributed by atoms with Crippen LogP contribution < -0.4 is 10.5 Å². The molecular weight excluding hydrogens is 468 g/mol. The van der Waals surface area contributed by atoms with E-state index in [1.54, 1.807) is 36.4 Å². The van der Waals surface area contributed by atoms with Crippen molar-refractivity contribution in [2.75, 3.05) is 26.2 Å². The molecule has 15 heteroatoms. The van der Waals surface area contributed by atoms with Gasteiger partial charge in [-0.2, -0.15) is 0 Å². The number of nitrogens with zero attached hydrogens (tertiary/aromatic N) is 6. The summed E-state index contributed by atoms with van der Waals surface area (Å²) in [6.07, 6.45) is 0. The van der Waals surface area contributed by atoms with Gasteiger partial charge in [0.25, 0.3) is 9.05 Å². The number of hydrogen-bond acceptors (Lipinski definition) is 7. The number of nitrogens with two attached hydrogens (primary N) is 1. The summed E-state index contributed by atoms with van der Waals surface area (Å²) < 4.78 is 46.6. The molecule has 0 aliphatic heterocycles. The second-order valence-corrected chi connectivity index (χ2v) is 9.49. The van der Waals surface area contributed by atoms with Crippen molar-refractivity contribution in [3.63, 3.8) is 0 Å². The summed E-state index contributed by atoms with van der Waals surface area (Å²) in [5, 5.41) is 6.37. The lowest BCUT2D eigenvalue weighted by Gasteiger charge is -2.04. The van der Waals surface area contributed by atoms with Crippen molar-refractivity contribution >= 4 is 29.8 Å². The van der Waals surface area contributed by atoms with E-state index in [9.17, 15) is 16.8 Å². The van der Waals surface area contributed by atoms with Crippen LogP contribution in [0.5, 0.6) is 0 Å². The molecule has 31 heavy (non-hydrogen) atoms. The number of benzene rings is 2. The second kappa shape index (κ2) is 15.9. The van der Waals surface area contributed by atoms with Gasteiger partial charge in [0.05, 0.1) is 9.79 Å². The molecule has 2 rings (SSSR count). The van der Waals surface area contributed by atoms with E-state index < -0.39 is 19.1 Å². The lowest BCUT2D eigenvalue weighted by molar-refractivity contribution is 0.582. The van der Waals surface area contributed by atoms with E-state index in [1.807, 2.05) is 0 Å². The Hall–Kier alpha value is -2.83. The monoisotopic (exact) mass is 488 g/mol. The minimum absolute atomic E-state index is 0.0985. The Morgan fingerprint density at radius 1 is 0.839 bits per heavy atom. The van der Waals surface area contributed by atoms with Crippen molar-refractivity contribution < 1.29 is 16.8 Å². The van der Waals surface area contributed by atoms with Gasteiger partial charge in [0, 0.05) is 40.1 Å². The average molecular weight is 489 g/mol. The van der Waals surface area contributed by atoms with Gasteiger partial charge in [-0.25, -0.2) is 21.6 Å². The first-order valence-electron chi connectivity index (χ1n) is 8.45. The number of hydrogen-bond donors (Lipinski definition) is 2. The molecule has 0 aliphatic carbocycles. The summed E-state index contributed by atoms with van der Waals surface area (Å²) in [5.74, 6) is 0. The van der Waals surface area contributed by atoms with Crippen LogP contribution in [0.3, 0.4) is 0 Å². The zero-order chi connectivity index (χ0) is 23.6. The van der Waals surface area contributed by atoms with Gasteiger partial charge in [0.1, 0.15) is 0 Å². The first-order chi connectivity index (χ1) is 14.7. The summed E-state index contributed by atoms with van der Waals surface area (Å²) in [6, 6.07) is 15.9. The zero-order valence-corrected chi connectivity index (χ0v) is 18.6. The fourth-order valence-corrected chi connectivity index (χ4v) is 3.48. The zero-order valence-electron chi connectivity index (χ0n) is 16.2. The molecule has 0 radical (unpaired) electrons. The summed E-state index contributed by atoms with van der Waals surface area (Å²) in [5.41, 5.74) is 20.5. The standard InChI is InChI=1S/C8H10N4O2S.C6H5ClO2S.C2H6N4/c9-12-10-6-7-11-15(13,14)8-4-2-1-3-5-8;7-10(8,9)6-4-2-1-3-5-6;3-1-2-5-6-4/h1-5,11H,6-7H2;1-5H;1-3H2. The molecule has 0 saturated carbocycles. The topological polar surface area (TPSA) is 204 Å². The molecular formula is C16H21ClN8O4S2. The van der Waals surface area contributed by atoms with Crippen molar-refractivity contribution in [2.45, 2.75) is 9.79 Å². The van der Waals surface area contributed by atoms with E-state index in [0.717, 1.165) is 0 Å². The van der Waals surface area contributed by atoms with Crippen LogP contribution in [-0.4, -0.2) is 43.0 Å². The highest BCUT2D eigenvalue weighted by Gasteiger charge is 2.11. The molecule has 0 unspecified atom stereocenters. The van der Waals surface area contributed by atoms with Crippen LogP contribution in [0.25, 0.3) is 20.9 Å². The number of azide groups is 2. The highest BCUT2D eigenvalue weighted by atomic mass is 35.7. The number of nitrogens with one attached hydrogen (secondary N) is 1. The molecule has 0 spiro atoms. The van der Waals surface area contributed by atoms with Crippen LogP contribution in [0, 0.1) is 0 Å². The highest BCUT2D eigenvalue weighted by Crippen LogP contribution is 2.12. The maximum Gasteiger partial charge on any atom is 0.261 e. The largest absolute Gasteiger partial charge is 0.330 e. The molecule has 0 fully saturated rings. The molecule has 0 bridgehead atoms. The highest BCUT2D eigenvalue weighted by molar-refractivity contribution is 8.13. The third-order valence-corrected chi connectivity index (χ3v) is 5.78. The van der Waals surface area contributed by atoms with Gasteiger partial charge in [0.15, 0.2) is 0 Å². The first kappa shape index (κ1) is 28.2. The maximum absolute atomic E-state index is 11.5. The van der Waals surface area contributed by atoms with Gasteiger partial charge in [-0.1, -0.05) is 46.6 Å². The van der Waals surface area contributed by atoms with E-state index in [2.05, 4.69) is 24.8 Å². The minimum Gasteiger partial charge on any atom is -0.330 e. The summed E-state index contributed by atoms with van der Waals surface area (Å²) in [6.45, 7) is 1.03. The van der Waals surface area contributed by atoms with E-state index >= 15 is 0 Å². The van der Waals surface area contributed by atoms with Crippen LogP contribution in [0.15, 0.2) is 80.7 Å². The van der Waals surface area contributed by atoms with Gasteiger partial charge >= 0.3 is 0 Å². The van der Waals surface area contributed by atoms with Gasteiger partial charge in [-0.15, -0.1) is 0 Å². The molecule has 3 N–H and O–H groups in total. The van der Waals surface area contributed by atoms with Crippen LogP contribution in [-0.2, 0) is 19.1 Å². The lowest BCUT2D eigenvalue weighted by atomic mass is 10.4. The Kier molecular flexibility index (Phi) is 14.5. The predicted molar refractivity (Wildman–Crippen MR) is 118 cm³/mol. The summed E-state index contributed by atoms with van der Waals surface area (Å²) in [7, 11) is -1.97. The third kappa shape index (κ3) is 13.9. The summed E-state index contributed by atoms with van der Waals surface area (Å²) >= 11 is 0. The van der Waals surface area contributed by atoms with E-state index in [4.69, 9.17) is 27.5 Å². The fourth-order valence-electron chi connectivity index (χ4n) is 1.64. The maximum atomic E-state index is 11.5. The van der Waals surface area contributed by atoms with Crippen molar-refractivity contribution in [2.24, 2.45) is 16.0 Å². The van der Waals surface area contributed by atoms with Gasteiger partial charge < -0.3 is 5.73 Å². The van der Waals surface area contributed by atoms with E-state index in [0.29, 0.717) is 13.1 Å². The molecule has 0 heterocycles. The van der Waals surface area contributed by atoms with Crippen LogP contribution in [0.1, 0.15) is 0 Å². The minimum atomic E-state index is -3.53. The normalized spacial score (nSPS) is 10.1. The van der Waals surface area contributed by atoms with Crippen molar-refractivity contribution in [3.8, 4) is 0 Å². The first-order valence-corrected chi connectivity index (χ1v) is 12.2. The quantitative estimate of drug-likeness (QED) is 0.188. The van der Waals surface area contributed by atoms with Crippen molar-refractivity contribution in [1.82, 2.24) is 4.72 Å². The van der Waals surface area contributed by atoms with Crippen LogP contribution in [0.2, 0.25) is 0 Å². The number of sulfonamides is 1. The lowest BCUT2D eigenvalue weighted by Crippen LogP contribution is -2.26. The number of rotatable bonds is 8. The SMILES string of the molecule is O=S(=O)(Cl)c1ccccc1.[N-]=[N+]=NCCN.[N-]=[N+]=NCCNS(=O)(=O)c1ccccc1. The fraction of sp³-hybridized carbons (Fsp3) is 0.250. The Morgan fingerprint density at radius 2 is 1.29 bits per heavy atom. The molecule has 0 atom stereocenters. The summed E-state index contributed by atoms with van der Waals surface area (Å²) in [4.78, 5) is 5.32. The number of halogens is 1. The van der Waals surface area contributed by atoms with Crippen LogP contribution in [0.4, 0.5) is 0 Å². The Bertz CT molecular complexity index is 1070. The van der Waals surface area contributed by atoms with Crippen LogP contribution >= 0.6 is 10.7 Å². The predicted octanol–water partition coefficient (Wildman–Crippen LogP) is 3.14. The van der Waals surface area contributed by atoms with Gasteiger partial charge in [-0.05, 0) is 41.9 Å². The third-order valence-electron chi connectivity index (χ3n) is 2.94. The molecule has 2 aromatic carbocycles. The van der Waals surface area contributed by atoms with E-state index in [-0.39, 0.29) is 22.9 Å². The Balaban J connectivity index is 0.000000484. The molecule has 0 saturated heterocycles. The molecule has 2 aromatic rings. The van der Waals surface area contributed by atoms with Crippen molar-refractivity contribution in [3.05, 3.63) is 81.5 Å². The molecule has 12 nitrogen and oxygen atoms in total. The smallest absolute Gasteiger partial charge is 0.261 e. The molecule has 0 amide bonds. The molecule has 0 aliphatic rings. The van der Waals surface area contributed by atoms with Gasteiger partial charge in [0.2, 0.25) is 10.0 Å². The second-order valence-electron chi connectivity index (χ2n) is 5.16. The Labute approximate surface area is 184 Å². The van der Waals surface area contributed by atoms with E-state index in [1.165, 1.54) is 24.3 Å². The van der Waals surface area contributed by atoms with Gasteiger partial charge in [-0.3, -0.25) is 0 Å².